The van der Waals surface area contributed by atoms with Gasteiger partial charge in [0.05, 0.1) is 5.69 Å². The van der Waals surface area contributed by atoms with E-state index < -0.39 is 0 Å². The van der Waals surface area contributed by atoms with Gasteiger partial charge in [0.25, 0.3) is 0 Å². The van der Waals surface area contributed by atoms with Crippen molar-refractivity contribution in [2.45, 2.75) is 38.8 Å². The van der Waals surface area contributed by atoms with Crippen molar-refractivity contribution in [3.63, 3.8) is 0 Å². The molecule has 1 aliphatic rings. The highest BCUT2D eigenvalue weighted by atomic mass is 35.5. The Kier molecular flexibility index (Phi) is 4.98. The van der Waals surface area contributed by atoms with Crippen LogP contribution in [0.25, 0.3) is 0 Å². The van der Waals surface area contributed by atoms with Crippen LogP contribution in [0.4, 0.5) is 0 Å². The molecule has 100 valence electrons. The Labute approximate surface area is 114 Å². The molecule has 4 heteroatoms. The van der Waals surface area contributed by atoms with E-state index in [1.54, 1.807) is 0 Å². The van der Waals surface area contributed by atoms with Gasteiger partial charge >= 0.3 is 0 Å². The lowest BCUT2D eigenvalue weighted by molar-refractivity contribution is 0.160. The molecule has 0 bridgehead atoms. The smallest absolute Gasteiger partial charge is 0.129 e. The highest BCUT2D eigenvalue weighted by Gasteiger charge is 2.30. The number of aromatic nitrogens is 1. The summed E-state index contributed by atoms with van der Waals surface area (Å²) in [6.45, 7) is 4.91. The highest BCUT2D eigenvalue weighted by Crippen LogP contribution is 2.30. The fourth-order valence-corrected chi connectivity index (χ4v) is 3.16. The molecule has 0 spiro atoms. The monoisotopic (exact) mass is 267 g/mol. The molecule has 1 aromatic rings. The molecule has 0 radical (unpaired) electrons. The summed E-state index contributed by atoms with van der Waals surface area (Å²) in [6.07, 6.45) is 3.82. The summed E-state index contributed by atoms with van der Waals surface area (Å²) in [7, 11) is 0. The molecular formula is C14H22ClN3. The predicted molar refractivity (Wildman–Crippen MR) is 75.5 cm³/mol. The lowest BCUT2D eigenvalue weighted by atomic mass is 10.0. The van der Waals surface area contributed by atoms with Crippen LogP contribution in [-0.2, 0) is 6.54 Å². The number of rotatable bonds is 5. The van der Waals surface area contributed by atoms with Crippen molar-refractivity contribution in [3.8, 4) is 0 Å². The number of hydrogen-bond acceptors (Lipinski definition) is 3. The van der Waals surface area contributed by atoms with Crippen LogP contribution in [0.3, 0.4) is 0 Å². The molecule has 2 N–H and O–H groups in total. The third-order valence-electron chi connectivity index (χ3n) is 3.93. The number of nitrogens with zero attached hydrogens (tertiary/aromatic N) is 2. The van der Waals surface area contributed by atoms with Crippen molar-refractivity contribution in [1.82, 2.24) is 9.88 Å². The molecule has 1 aromatic heterocycles. The molecular weight excluding hydrogens is 246 g/mol. The van der Waals surface area contributed by atoms with Crippen LogP contribution in [0.1, 0.15) is 31.9 Å². The zero-order valence-electron chi connectivity index (χ0n) is 11.0. The first-order valence-electron chi connectivity index (χ1n) is 6.80. The van der Waals surface area contributed by atoms with Gasteiger partial charge in [-0.15, -0.1) is 0 Å². The van der Waals surface area contributed by atoms with Gasteiger partial charge in [-0.2, -0.15) is 0 Å². The Morgan fingerprint density at radius 1 is 1.44 bits per heavy atom. The Morgan fingerprint density at radius 2 is 2.28 bits per heavy atom. The minimum absolute atomic E-state index is 0.574. The highest BCUT2D eigenvalue weighted by molar-refractivity contribution is 6.29. The van der Waals surface area contributed by atoms with Crippen LogP contribution < -0.4 is 5.73 Å². The topological polar surface area (TPSA) is 42.2 Å². The van der Waals surface area contributed by atoms with Crippen molar-refractivity contribution in [2.24, 2.45) is 11.7 Å². The van der Waals surface area contributed by atoms with Crippen LogP contribution in [0.15, 0.2) is 18.2 Å². The van der Waals surface area contributed by atoms with Gasteiger partial charge in [-0.05, 0) is 44.0 Å². The van der Waals surface area contributed by atoms with Crippen LogP contribution in [0.5, 0.6) is 0 Å². The van der Waals surface area contributed by atoms with E-state index in [0.717, 1.165) is 25.3 Å². The summed E-state index contributed by atoms with van der Waals surface area (Å²) in [5, 5.41) is 0.574. The second-order valence-electron chi connectivity index (χ2n) is 5.01. The van der Waals surface area contributed by atoms with Gasteiger partial charge in [0, 0.05) is 12.6 Å². The van der Waals surface area contributed by atoms with E-state index in [-0.39, 0.29) is 0 Å². The lowest BCUT2D eigenvalue weighted by Crippen LogP contribution is -2.39. The quantitative estimate of drug-likeness (QED) is 0.834. The van der Waals surface area contributed by atoms with E-state index in [1.165, 1.54) is 19.3 Å². The maximum atomic E-state index is 5.94. The second kappa shape index (κ2) is 6.50. The molecule has 0 aromatic carbocycles. The van der Waals surface area contributed by atoms with E-state index in [0.29, 0.717) is 17.1 Å². The van der Waals surface area contributed by atoms with Crippen LogP contribution >= 0.6 is 11.6 Å². The third-order valence-corrected chi connectivity index (χ3v) is 4.15. The van der Waals surface area contributed by atoms with Crippen LogP contribution in [0, 0.1) is 5.92 Å². The van der Waals surface area contributed by atoms with Crippen LogP contribution in [0.2, 0.25) is 5.15 Å². The van der Waals surface area contributed by atoms with Gasteiger partial charge < -0.3 is 5.73 Å². The number of halogens is 1. The summed E-state index contributed by atoms with van der Waals surface area (Å²) in [5.74, 6) is 0.643. The first kappa shape index (κ1) is 13.8. The van der Waals surface area contributed by atoms with Crippen molar-refractivity contribution in [3.05, 3.63) is 29.0 Å². The SMILES string of the molecule is CCN(Cc1cccc(Cl)n1)C1CCCC1CN. The van der Waals surface area contributed by atoms with Crippen LogP contribution in [-0.4, -0.2) is 29.0 Å². The first-order valence-corrected chi connectivity index (χ1v) is 7.18. The van der Waals surface area contributed by atoms with Gasteiger partial charge in [-0.1, -0.05) is 31.0 Å². The fourth-order valence-electron chi connectivity index (χ4n) is 2.98. The standard InChI is InChI=1S/C14H22ClN3/c1-2-18(13-7-3-5-11(13)9-16)10-12-6-4-8-14(15)17-12/h4,6,8,11,13H,2-3,5,7,9-10,16H2,1H3. The van der Waals surface area contributed by atoms with E-state index in [9.17, 15) is 0 Å². The van der Waals surface area contributed by atoms with E-state index in [4.69, 9.17) is 17.3 Å². The summed E-state index contributed by atoms with van der Waals surface area (Å²) >= 11 is 5.94. The minimum atomic E-state index is 0.574. The minimum Gasteiger partial charge on any atom is -0.330 e. The number of hydrogen-bond donors (Lipinski definition) is 1. The number of pyridine rings is 1. The second-order valence-corrected chi connectivity index (χ2v) is 5.40. The third kappa shape index (κ3) is 3.22. The number of nitrogens with two attached hydrogens (primary N) is 1. The molecule has 0 aliphatic heterocycles. The van der Waals surface area contributed by atoms with Gasteiger partial charge in [0.1, 0.15) is 5.15 Å². The summed E-state index contributed by atoms with van der Waals surface area (Å²) in [5.41, 5.74) is 6.92. The molecule has 18 heavy (non-hydrogen) atoms. The average molecular weight is 268 g/mol. The lowest BCUT2D eigenvalue weighted by Gasteiger charge is -2.31. The summed E-state index contributed by atoms with van der Waals surface area (Å²) < 4.78 is 0. The maximum absolute atomic E-state index is 5.94. The largest absolute Gasteiger partial charge is 0.330 e. The van der Waals surface area contributed by atoms with Gasteiger partial charge in [0.2, 0.25) is 0 Å². The zero-order chi connectivity index (χ0) is 13.0. The Bertz CT molecular complexity index is 383. The Hall–Kier alpha value is -0.640. The van der Waals surface area contributed by atoms with Crippen molar-refractivity contribution in [1.29, 1.82) is 0 Å². The van der Waals surface area contributed by atoms with Gasteiger partial charge in [-0.3, -0.25) is 4.90 Å². The average Bonchev–Trinajstić information content (AvgIpc) is 2.84. The molecule has 0 saturated heterocycles. The van der Waals surface area contributed by atoms with E-state index in [2.05, 4.69) is 16.8 Å². The van der Waals surface area contributed by atoms with Crippen molar-refractivity contribution < 1.29 is 0 Å². The maximum Gasteiger partial charge on any atom is 0.129 e. The Balaban J connectivity index is 2.05. The Morgan fingerprint density at radius 3 is 2.94 bits per heavy atom. The summed E-state index contributed by atoms with van der Waals surface area (Å²) in [4.78, 5) is 6.86. The molecule has 1 saturated carbocycles. The van der Waals surface area contributed by atoms with Gasteiger partial charge in [0.15, 0.2) is 0 Å². The van der Waals surface area contributed by atoms with Crippen molar-refractivity contribution in [2.75, 3.05) is 13.1 Å². The van der Waals surface area contributed by atoms with E-state index >= 15 is 0 Å². The first-order chi connectivity index (χ1) is 8.74. The van der Waals surface area contributed by atoms with Crippen molar-refractivity contribution >= 4 is 11.6 Å². The van der Waals surface area contributed by atoms with Gasteiger partial charge in [-0.25, -0.2) is 4.98 Å². The molecule has 1 heterocycles. The molecule has 1 aliphatic carbocycles. The molecule has 1 fully saturated rings. The molecule has 2 unspecified atom stereocenters. The molecule has 0 amide bonds. The molecule has 2 rings (SSSR count). The molecule has 3 nitrogen and oxygen atoms in total. The normalized spacial score (nSPS) is 23.8. The molecule has 2 atom stereocenters. The zero-order valence-corrected chi connectivity index (χ0v) is 11.7. The predicted octanol–water partition coefficient (Wildman–Crippen LogP) is 2.68. The van der Waals surface area contributed by atoms with E-state index in [1.807, 2.05) is 18.2 Å². The fraction of sp³-hybridized carbons (Fsp3) is 0.643. The summed E-state index contributed by atoms with van der Waals surface area (Å²) in [6, 6.07) is 6.44.